The second kappa shape index (κ2) is 6.74. The molecule has 0 bridgehead atoms. The smallest absolute Gasteiger partial charge is 0.323 e. The monoisotopic (exact) mass is 286 g/mol. The Kier molecular flexibility index (Phi) is 4.77. The van der Waals surface area contributed by atoms with Crippen LogP contribution in [0.25, 0.3) is 0 Å². The van der Waals surface area contributed by atoms with Crippen LogP contribution >= 0.6 is 0 Å². The van der Waals surface area contributed by atoms with E-state index in [0.717, 1.165) is 16.8 Å². The molecule has 1 aromatic carbocycles. The molecule has 1 heterocycles. The van der Waals surface area contributed by atoms with Gasteiger partial charge in [0, 0.05) is 24.0 Å². The Hall–Kier alpha value is -2.56. The van der Waals surface area contributed by atoms with Gasteiger partial charge in [-0.1, -0.05) is 23.8 Å². The maximum atomic E-state index is 11.1. The number of carboxylic acids is 1. The highest BCUT2D eigenvalue weighted by Crippen LogP contribution is 2.21. The van der Waals surface area contributed by atoms with Gasteiger partial charge >= 0.3 is 5.97 Å². The highest BCUT2D eigenvalue weighted by atomic mass is 16.5. The lowest BCUT2D eigenvalue weighted by atomic mass is 10.2. The molecule has 0 atom stereocenters. The molecule has 0 aliphatic heterocycles. The number of rotatable bonds is 6. The van der Waals surface area contributed by atoms with E-state index in [4.69, 9.17) is 9.84 Å². The van der Waals surface area contributed by atoms with Gasteiger partial charge in [0.15, 0.2) is 0 Å². The SMILES string of the molecule is COc1ncccc1CN(CC(=O)O)c1ccc(C)cc1. The third-order valence-electron chi connectivity index (χ3n) is 3.13. The van der Waals surface area contributed by atoms with E-state index in [0.29, 0.717) is 12.4 Å². The normalized spacial score (nSPS) is 10.2. The van der Waals surface area contributed by atoms with Crippen LogP contribution in [0.1, 0.15) is 11.1 Å². The van der Waals surface area contributed by atoms with Crippen molar-refractivity contribution in [3.63, 3.8) is 0 Å². The fraction of sp³-hybridized carbons (Fsp3) is 0.250. The second-order valence-electron chi connectivity index (χ2n) is 4.76. The van der Waals surface area contributed by atoms with Crippen LogP contribution in [0.15, 0.2) is 42.6 Å². The summed E-state index contributed by atoms with van der Waals surface area (Å²) in [5, 5.41) is 9.12. The summed E-state index contributed by atoms with van der Waals surface area (Å²) in [5.74, 6) is -0.363. The van der Waals surface area contributed by atoms with Crippen LogP contribution in [0.5, 0.6) is 5.88 Å². The zero-order valence-corrected chi connectivity index (χ0v) is 12.1. The van der Waals surface area contributed by atoms with E-state index >= 15 is 0 Å². The lowest BCUT2D eigenvalue weighted by Crippen LogP contribution is -2.29. The minimum Gasteiger partial charge on any atom is -0.481 e. The largest absolute Gasteiger partial charge is 0.481 e. The maximum Gasteiger partial charge on any atom is 0.323 e. The molecule has 5 heteroatoms. The molecule has 1 N–H and O–H groups in total. The standard InChI is InChI=1S/C16H18N2O3/c1-12-5-7-14(8-6-12)18(11-15(19)20)10-13-4-3-9-17-16(13)21-2/h3-9H,10-11H2,1-2H3,(H,19,20). The summed E-state index contributed by atoms with van der Waals surface area (Å²) in [4.78, 5) is 17.0. The van der Waals surface area contributed by atoms with E-state index in [1.165, 1.54) is 0 Å². The predicted molar refractivity (Wildman–Crippen MR) is 80.7 cm³/mol. The quantitative estimate of drug-likeness (QED) is 0.884. The first-order valence-corrected chi connectivity index (χ1v) is 6.61. The van der Waals surface area contributed by atoms with Gasteiger partial charge in [0.1, 0.15) is 6.54 Å². The minimum atomic E-state index is -0.876. The van der Waals surface area contributed by atoms with E-state index in [9.17, 15) is 4.79 Å². The number of aryl methyl sites for hydroxylation is 1. The molecule has 0 radical (unpaired) electrons. The molecular weight excluding hydrogens is 268 g/mol. The van der Waals surface area contributed by atoms with E-state index in [-0.39, 0.29) is 6.54 Å². The maximum absolute atomic E-state index is 11.1. The second-order valence-corrected chi connectivity index (χ2v) is 4.76. The van der Waals surface area contributed by atoms with Gasteiger partial charge in [-0.3, -0.25) is 4.79 Å². The highest BCUT2D eigenvalue weighted by Gasteiger charge is 2.14. The van der Waals surface area contributed by atoms with E-state index in [1.54, 1.807) is 18.2 Å². The molecule has 2 rings (SSSR count). The van der Waals surface area contributed by atoms with E-state index < -0.39 is 5.97 Å². The zero-order chi connectivity index (χ0) is 15.2. The summed E-state index contributed by atoms with van der Waals surface area (Å²) >= 11 is 0. The first-order valence-electron chi connectivity index (χ1n) is 6.61. The number of hydrogen-bond donors (Lipinski definition) is 1. The fourth-order valence-corrected chi connectivity index (χ4v) is 2.09. The molecule has 0 fully saturated rings. The van der Waals surface area contributed by atoms with Crippen molar-refractivity contribution < 1.29 is 14.6 Å². The number of aliphatic carboxylic acids is 1. The summed E-state index contributed by atoms with van der Waals surface area (Å²) < 4.78 is 5.22. The summed E-state index contributed by atoms with van der Waals surface area (Å²) in [6, 6.07) is 11.5. The first kappa shape index (κ1) is 14.8. The summed E-state index contributed by atoms with van der Waals surface area (Å²) in [6.07, 6.45) is 1.65. The molecule has 0 saturated carbocycles. The third-order valence-corrected chi connectivity index (χ3v) is 3.13. The van der Waals surface area contributed by atoms with Crippen molar-refractivity contribution in [2.45, 2.75) is 13.5 Å². The van der Waals surface area contributed by atoms with Crippen molar-refractivity contribution in [2.24, 2.45) is 0 Å². The van der Waals surface area contributed by atoms with Crippen molar-refractivity contribution in [1.82, 2.24) is 4.98 Å². The molecule has 110 valence electrons. The number of benzene rings is 1. The Morgan fingerprint density at radius 1 is 1.29 bits per heavy atom. The van der Waals surface area contributed by atoms with Crippen molar-refractivity contribution >= 4 is 11.7 Å². The number of nitrogens with zero attached hydrogens (tertiary/aromatic N) is 2. The van der Waals surface area contributed by atoms with Crippen LogP contribution in [-0.4, -0.2) is 29.7 Å². The van der Waals surface area contributed by atoms with Gasteiger partial charge in [-0.05, 0) is 25.1 Å². The molecule has 21 heavy (non-hydrogen) atoms. The Bertz CT molecular complexity index is 611. The predicted octanol–water partition coefficient (Wildman–Crippen LogP) is 2.49. The van der Waals surface area contributed by atoms with Gasteiger partial charge in [0.2, 0.25) is 5.88 Å². The molecule has 0 spiro atoms. The number of hydrogen-bond acceptors (Lipinski definition) is 4. The Balaban J connectivity index is 2.28. The van der Waals surface area contributed by atoms with Gasteiger partial charge in [-0.25, -0.2) is 4.98 Å². The van der Waals surface area contributed by atoms with Crippen molar-refractivity contribution in [1.29, 1.82) is 0 Å². The number of methoxy groups -OCH3 is 1. The van der Waals surface area contributed by atoms with Crippen molar-refractivity contribution in [3.05, 3.63) is 53.7 Å². The number of pyridine rings is 1. The first-order chi connectivity index (χ1) is 10.1. The van der Waals surface area contributed by atoms with Crippen molar-refractivity contribution in [3.8, 4) is 5.88 Å². The highest BCUT2D eigenvalue weighted by molar-refractivity contribution is 5.73. The molecule has 0 unspecified atom stereocenters. The Labute approximate surface area is 123 Å². The van der Waals surface area contributed by atoms with Crippen LogP contribution < -0.4 is 9.64 Å². The van der Waals surface area contributed by atoms with Gasteiger partial charge in [0.05, 0.1) is 7.11 Å². The Morgan fingerprint density at radius 2 is 2.00 bits per heavy atom. The number of carboxylic acid groups (broad SMARTS) is 1. The van der Waals surface area contributed by atoms with Crippen LogP contribution in [0.3, 0.4) is 0 Å². The number of anilines is 1. The molecule has 1 aromatic heterocycles. The molecule has 5 nitrogen and oxygen atoms in total. The number of ether oxygens (including phenoxy) is 1. The molecule has 0 aliphatic carbocycles. The van der Waals surface area contributed by atoms with Gasteiger partial charge in [0.25, 0.3) is 0 Å². The van der Waals surface area contributed by atoms with Crippen LogP contribution in [0, 0.1) is 6.92 Å². The zero-order valence-electron chi connectivity index (χ0n) is 12.1. The fourth-order valence-electron chi connectivity index (χ4n) is 2.09. The van der Waals surface area contributed by atoms with Crippen LogP contribution in [0.4, 0.5) is 5.69 Å². The molecular formula is C16H18N2O3. The van der Waals surface area contributed by atoms with Gasteiger partial charge in [-0.2, -0.15) is 0 Å². The molecule has 0 amide bonds. The van der Waals surface area contributed by atoms with E-state index in [1.807, 2.05) is 43.3 Å². The van der Waals surface area contributed by atoms with E-state index in [2.05, 4.69) is 4.98 Å². The Morgan fingerprint density at radius 3 is 2.62 bits per heavy atom. The lowest BCUT2D eigenvalue weighted by Gasteiger charge is -2.23. The lowest BCUT2D eigenvalue weighted by molar-refractivity contribution is -0.135. The van der Waals surface area contributed by atoms with Crippen LogP contribution in [0.2, 0.25) is 0 Å². The number of carbonyl (C=O) groups is 1. The van der Waals surface area contributed by atoms with Gasteiger partial charge < -0.3 is 14.7 Å². The summed E-state index contributed by atoms with van der Waals surface area (Å²) in [7, 11) is 1.55. The van der Waals surface area contributed by atoms with Crippen molar-refractivity contribution in [2.75, 3.05) is 18.6 Å². The van der Waals surface area contributed by atoms with Crippen LogP contribution in [-0.2, 0) is 11.3 Å². The third kappa shape index (κ3) is 3.95. The van der Waals surface area contributed by atoms with Gasteiger partial charge in [-0.15, -0.1) is 0 Å². The molecule has 2 aromatic rings. The molecule has 0 saturated heterocycles. The summed E-state index contributed by atoms with van der Waals surface area (Å²) in [5.41, 5.74) is 2.84. The molecule has 0 aliphatic rings. The summed E-state index contributed by atoms with van der Waals surface area (Å²) in [6.45, 7) is 2.34. The minimum absolute atomic E-state index is 0.0822. The average molecular weight is 286 g/mol. The number of aromatic nitrogens is 1. The average Bonchev–Trinajstić information content (AvgIpc) is 2.47. The topological polar surface area (TPSA) is 62.7 Å².